The lowest BCUT2D eigenvalue weighted by molar-refractivity contribution is -0.384. The number of likely N-dealkylation sites (N-methyl/N-ethyl adjacent to an activating group) is 1. The van der Waals surface area contributed by atoms with Gasteiger partial charge in [-0.3, -0.25) is 19.7 Å². The molecular weight excluding hydrogens is 334 g/mol. The van der Waals surface area contributed by atoms with Crippen LogP contribution in [0.1, 0.15) is 10.4 Å². The fourth-order valence-corrected chi connectivity index (χ4v) is 2.09. The molecule has 1 N–H and O–H groups in total. The smallest absolute Gasteiger partial charge is 0.269 e. The van der Waals surface area contributed by atoms with Gasteiger partial charge in [-0.05, 0) is 36.4 Å². The van der Waals surface area contributed by atoms with Gasteiger partial charge in [-0.2, -0.15) is 0 Å². The van der Waals surface area contributed by atoms with Crippen LogP contribution in [0.5, 0.6) is 0 Å². The Hall–Kier alpha value is -2.93. The van der Waals surface area contributed by atoms with Gasteiger partial charge in [0.05, 0.1) is 11.5 Å². The summed E-state index contributed by atoms with van der Waals surface area (Å²) in [4.78, 5) is 35.5. The Labute approximate surface area is 143 Å². The Kier molecular flexibility index (Phi) is 5.49. The number of nitro groups is 1. The molecule has 0 radical (unpaired) electrons. The molecule has 8 heteroatoms. The number of amides is 2. The van der Waals surface area contributed by atoms with Crippen LogP contribution in [-0.4, -0.2) is 35.2 Å². The summed E-state index contributed by atoms with van der Waals surface area (Å²) in [6.07, 6.45) is 0. The topological polar surface area (TPSA) is 92.6 Å². The van der Waals surface area contributed by atoms with Gasteiger partial charge in [-0.25, -0.2) is 0 Å². The molecule has 2 aromatic rings. The van der Waals surface area contributed by atoms with Crippen molar-refractivity contribution in [2.75, 3.05) is 18.9 Å². The average Bonchev–Trinajstić information content (AvgIpc) is 2.56. The van der Waals surface area contributed by atoms with Crippen molar-refractivity contribution in [3.63, 3.8) is 0 Å². The number of non-ortho nitro benzene ring substituents is 1. The number of benzene rings is 2. The van der Waals surface area contributed by atoms with E-state index in [0.717, 1.165) is 0 Å². The number of nitro benzene ring substituents is 1. The quantitative estimate of drug-likeness (QED) is 0.664. The van der Waals surface area contributed by atoms with Crippen LogP contribution in [0.3, 0.4) is 0 Å². The zero-order chi connectivity index (χ0) is 17.7. The molecule has 0 atom stereocenters. The second kappa shape index (κ2) is 7.56. The Morgan fingerprint density at radius 3 is 2.25 bits per heavy atom. The first kappa shape index (κ1) is 17.4. The van der Waals surface area contributed by atoms with Gasteiger partial charge in [0, 0.05) is 35.5 Å². The van der Waals surface area contributed by atoms with Crippen molar-refractivity contribution in [3.05, 3.63) is 69.2 Å². The third-order valence-electron chi connectivity index (χ3n) is 3.18. The number of carbonyl (C=O) groups is 2. The molecule has 7 nitrogen and oxygen atoms in total. The number of carbonyl (C=O) groups excluding carboxylic acids is 2. The highest BCUT2D eigenvalue weighted by atomic mass is 35.5. The molecule has 124 valence electrons. The maximum absolute atomic E-state index is 12.2. The molecular formula is C16H14ClN3O4. The predicted octanol–water partition coefficient (Wildman–Crippen LogP) is 2.96. The summed E-state index contributed by atoms with van der Waals surface area (Å²) >= 11 is 5.76. The Morgan fingerprint density at radius 1 is 1.12 bits per heavy atom. The highest BCUT2D eigenvalue weighted by molar-refractivity contribution is 6.30. The van der Waals surface area contributed by atoms with Gasteiger partial charge in [-0.1, -0.05) is 11.6 Å². The molecule has 0 bridgehead atoms. The molecule has 2 aromatic carbocycles. The standard InChI is InChI=1S/C16H14ClN3O4/c1-19(10-15(21)18-13-6-4-12(17)5-7-13)16(22)11-2-8-14(9-3-11)20(23)24/h2-9H,10H2,1H3,(H,18,21). The van der Waals surface area contributed by atoms with Gasteiger partial charge >= 0.3 is 0 Å². The van der Waals surface area contributed by atoms with Gasteiger partial charge in [0.15, 0.2) is 0 Å². The third kappa shape index (κ3) is 4.53. The second-order valence-electron chi connectivity index (χ2n) is 5.02. The maximum atomic E-state index is 12.2. The van der Waals surface area contributed by atoms with E-state index >= 15 is 0 Å². The van der Waals surface area contributed by atoms with E-state index in [1.165, 1.54) is 36.2 Å². The Morgan fingerprint density at radius 2 is 1.71 bits per heavy atom. The van der Waals surface area contributed by atoms with E-state index in [1.807, 2.05) is 0 Å². The van der Waals surface area contributed by atoms with Gasteiger partial charge in [0.1, 0.15) is 0 Å². The van der Waals surface area contributed by atoms with Crippen LogP contribution in [0.25, 0.3) is 0 Å². The molecule has 0 aliphatic rings. The van der Waals surface area contributed by atoms with E-state index < -0.39 is 10.8 Å². The summed E-state index contributed by atoms with van der Waals surface area (Å²) in [5.41, 5.74) is 0.734. The van der Waals surface area contributed by atoms with E-state index in [0.29, 0.717) is 10.7 Å². The highest BCUT2D eigenvalue weighted by Crippen LogP contribution is 2.14. The van der Waals surface area contributed by atoms with Crippen molar-refractivity contribution < 1.29 is 14.5 Å². The van der Waals surface area contributed by atoms with Crippen molar-refractivity contribution in [2.45, 2.75) is 0 Å². The van der Waals surface area contributed by atoms with E-state index in [4.69, 9.17) is 11.6 Å². The largest absolute Gasteiger partial charge is 0.332 e. The number of nitrogens with one attached hydrogen (secondary N) is 1. The minimum absolute atomic E-state index is 0.102. The number of rotatable bonds is 5. The molecule has 0 unspecified atom stereocenters. The summed E-state index contributed by atoms with van der Waals surface area (Å²) in [5, 5.41) is 13.8. The third-order valence-corrected chi connectivity index (χ3v) is 3.43. The summed E-state index contributed by atoms with van der Waals surface area (Å²) in [6.45, 7) is -0.154. The molecule has 24 heavy (non-hydrogen) atoms. The zero-order valence-corrected chi connectivity index (χ0v) is 13.5. The maximum Gasteiger partial charge on any atom is 0.269 e. The number of hydrogen-bond donors (Lipinski definition) is 1. The van der Waals surface area contributed by atoms with Crippen LogP contribution in [0.4, 0.5) is 11.4 Å². The number of nitrogens with zero attached hydrogens (tertiary/aromatic N) is 2. The molecule has 0 aromatic heterocycles. The molecule has 0 heterocycles. The van der Waals surface area contributed by atoms with Crippen LogP contribution >= 0.6 is 11.6 Å². The summed E-state index contributed by atoms with van der Waals surface area (Å²) in [7, 11) is 1.48. The molecule has 0 fully saturated rings. The first-order chi connectivity index (χ1) is 11.4. The molecule has 0 saturated carbocycles. The summed E-state index contributed by atoms with van der Waals surface area (Å²) in [6, 6.07) is 11.8. The Bertz CT molecular complexity index is 760. The van der Waals surface area contributed by atoms with Crippen LogP contribution < -0.4 is 5.32 Å². The second-order valence-corrected chi connectivity index (χ2v) is 5.46. The van der Waals surface area contributed by atoms with Crippen molar-refractivity contribution in [1.29, 1.82) is 0 Å². The van der Waals surface area contributed by atoms with Crippen LogP contribution in [0.15, 0.2) is 48.5 Å². The van der Waals surface area contributed by atoms with E-state index in [2.05, 4.69) is 5.32 Å². The molecule has 2 amide bonds. The van der Waals surface area contributed by atoms with Crippen molar-refractivity contribution in [2.24, 2.45) is 0 Å². The monoisotopic (exact) mass is 347 g/mol. The lowest BCUT2D eigenvalue weighted by Crippen LogP contribution is -2.34. The molecule has 2 rings (SSSR count). The summed E-state index contributed by atoms with van der Waals surface area (Å²) in [5.74, 6) is -0.772. The van der Waals surface area contributed by atoms with Crippen LogP contribution in [-0.2, 0) is 4.79 Å². The van der Waals surface area contributed by atoms with Gasteiger partial charge in [0.2, 0.25) is 5.91 Å². The van der Waals surface area contributed by atoms with Crippen molar-refractivity contribution in [3.8, 4) is 0 Å². The fraction of sp³-hybridized carbons (Fsp3) is 0.125. The van der Waals surface area contributed by atoms with E-state index in [-0.39, 0.29) is 23.7 Å². The van der Waals surface area contributed by atoms with E-state index in [1.54, 1.807) is 24.3 Å². The predicted molar refractivity (Wildman–Crippen MR) is 90.1 cm³/mol. The summed E-state index contributed by atoms with van der Waals surface area (Å²) < 4.78 is 0. The zero-order valence-electron chi connectivity index (χ0n) is 12.7. The van der Waals surface area contributed by atoms with Crippen molar-refractivity contribution in [1.82, 2.24) is 4.90 Å². The van der Waals surface area contributed by atoms with Crippen LogP contribution in [0, 0.1) is 10.1 Å². The molecule has 0 aliphatic carbocycles. The van der Waals surface area contributed by atoms with Gasteiger partial charge < -0.3 is 10.2 Å². The van der Waals surface area contributed by atoms with E-state index in [9.17, 15) is 19.7 Å². The molecule has 0 saturated heterocycles. The Balaban J connectivity index is 1.96. The number of hydrogen-bond acceptors (Lipinski definition) is 4. The number of halogens is 1. The minimum atomic E-state index is -0.544. The first-order valence-electron chi connectivity index (χ1n) is 6.92. The van der Waals surface area contributed by atoms with Gasteiger partial charge in [0.25, 0.3) is 11.6 Å². The normalized spacial score (nSPS) is 10.1. The van der Waals surface area contributed by atoms with Crippen molar-refractivity contribution >= 4 is 34.8 Å². The van der Waals surface area contributed by atoms with Crippen LogP contribution in [0.2, 0.25) is 5.02 Å². The lowest BCUT2D eigenvalue weighted by atomic mass is 10.2. The minimum Gasteiger partial charge on any atom is -0.332 e. The SMILES string of the molecule is CN(CC(=O)Nc1ccc(Cl)cc1)C(=O)c1ccc([N+](=O)[O-])cc1. The molecule has 0 aliphatic heterocycles. The molecule has 0 spiro atoms. The van der Waals surface area contributed by atoms with Gasteiger partial charge in [-0.15, -0.1) is 0 Å². The fourth-order valence-electron chi connectivity index (χ4n) is 1.97. The first-order valence-corrected chi connectivity index (χ1v) is 7.30. The average molecular weight is 348 g/mol. The highest BCUT2D eigenvalue weighted by Gasteiger charge is 2.16. The number of anilines is 1. The lowest BCUT2D eigenvalue weighted by Gasteiger charge is -2.16.